The van der Waals surface area contributed by atoms with Gasteiger partial charge in [-0.25, -0.2) is 8.42 Å². The fourth-order valence-corrected chi connectivity index (χ4v) is 5.50. The molecule has 0 amide bonds. The fraction of sp³-hybridized carbons (Fsp3) is 0.250. The van der Waals surface area contributed by atoms with Gasteiger partial charge in [-0.15, -0.1) is 0 Å². The molecule has 1 fully saturated rings. The number of piperazine rings is 1. The number of aryl methyl sites for hydroxylation is 1. The van der Waals surface area contributed by atoms with Crippen LogP contribution in [0, 0.1) is 18.8 Å². The van der Waals surface area contributed by atoms with Gasteiger partial charge in [-0.05, 0) is 48.4 Å². The Morgan fingerprint density at radius 3 is 2.26 bits per heavy atom. The van der Waals surface area contributed by atoms with E-state index in [4.69, 9.17) is 0 Å². The molecule has 180 valence electrons. The molecule has 1 aliphatic heterocycles. The Kier molecular flexibility index (Phi) is 7.67. The van der Waals surface area contributed by atoms with Crippen molar-refractivity contribution in [2.24, 2.45) is 0 Å². The second-order valence-electron chi connectivity index (χ2n) is 8.67. The van der Waals surface area contributed by atoms with Crippen molar-refractivity contribution >= 4 is 16.0 Å². The van der Waals surface area contributed by atoms with Gasteiger partial charge in [0.15, 0.2) is 0 Å². The highest BCUT2D eigenvalue weighted by atomic mass is 32.2. The summed E-state index contributed by atoms with van der Waals surface area (Å²) in [5, 5.41) is 9.21. The topological polar surface area (TPSA) is 77.9 Å². The quantitative estimate of drug-likeness (QED) is 0.537. The molecule has 1 N–H and O–H groups in total. The third-order valence-corrected chi connectivity index (χ3v) is 7.94. The number of sulfonamides is 1. The highest BCUT2D eigenvalue weighted by Gasteiger charge is 2.28. The molecule has 0 aromatic heterocycles. The summed E-state index contributed by atoms with van der Waals surface area (Å²) in [6, 6.07) is 22.2. The lowest BCUT2D eigenvalue weighted by molar-refractivity contribution is -0.136. The van der Waals surface area contributed by atoms with Gasteiger partial charge in [-0.3, -0.25) is 9.69 Å². The van der Waals surface area contributed by atoms with Crippen molar-refractivity contribution in [2.75, 3.05) is 26.2 Å². The lowest BCUT2D eigenvalue weighted by Crippen LogP contribution is -2.48. The van der Waals surface area contributed by atoms with Crippen LogP contribution in [0.4, 0.5) is 0 Å². The Morgan fingerprint density at radius 1 is 0.914 bits per heavy atom. The van der Waals surface area contributed by atoms with Crippen LogP contribution in [0.3, 0.4) is 0 Å². The molecule has 1 aliphatic rings. The van der Waals surface area contributed by atoms with Crippen LogP contribution in [-0.4, -0.2) is 54.9 Å². The number of carboxylic acid groups (broad SMARTS) is 1. The Hall–Kier alpha value is -3.44. The minimum absolute atomic E-state index is 0.0536. The molecule has 0 bridgehead atoms. The zero-order valence-electron chi connectivity index (χ0n) is 19.6. The molecule has 6 nitrogen and oxygen atoms in total. The van der Waals surface area contributed by atoms with E-state index in [9.17, 15) is 18.3 Å². The minimum atomic E-state index is -3.52. The maximum absolute atomic E-state index is 13.0. The van der Waals surface area contributed by atoms with Crippen molar-refractivity contribution in [2.45, 2.75) is 24.8 Å². The molecule has 7 heteroatoms. The van der Waals surface area contributed by atoms with Crippen molar-refractivity contribution in [3.63, 3.8) is 0 Å². The molecule has 0 radical (unpaired) electrons. The average molecular weight is 489 g/mol. The van der Waals surface area contributed by atoms with Gasteiger partial charge in [0.05, 0.1) is 11.3 Å². The summed E-state index contributed by atoms with van der Waals surface area (Å²) in [5.41, 5.74) is 4.44. The minimum Gasteiger partial charge on any atom is -0.481 e. The molecule has 0 atom stereocenters. The van der Waals surface area contributed by atoms with Crippen LogP contribution in [0.2, 0.25) is 0 Å². The molecule has 3 aromatic rings. The number of rotatable bonds is 6. The monoisotopic (exact) mass is 488 g/mol. The van der Waals surface area contributed by atoms with E-state index in [1.54, 1.807) is 18.2 Å². The van der Waals surface area contributed by atoms with Crippen LogP contribution in [0.25, 0.3) is 0 Å². The van der Waals surface area contributed by atoms with Gasteiger partial charge in [-0.2, -0.15) is 4.31 Å². The number of benzene rings is 3. The van der Waals surface area contributed by atoms with E-state index in [0.29, 0.717) is 37.6 Å². The third-order valence-electron chi connectivity index (χ3n) is 6.02. The van der Waals surface area contributed by atoms with Crippen molar-refractivity contribution in [3.05, 3.63) is 101 Å². The summed E-state index contributed by atoms with van der Waals surface area (Å²) in [5.74, 6) is 5.52. The Bertz CT molecular complexity index is 1350. The molecule has 0 spiro atoms. The lowest BCUT2D eigenvalue weighted by atomic mass is 10.0. The molecule has 1 heterocycles. The smallest absolute Gasteiger partial charge is 0.307 e. The Balaban J connectivity index is 1.49. The normalized spacial score (nSPS) is 14.8. The van der Waals surface area contributed by atoms with Crippen LogP contribution in [0.1, 0.15) is 27.8 Å². The van der Waals surface area contributed by atoms with Crippen molar-refractivity contribution in [1.29, 1.82) is 0 Å². The molecule has 4 rings (SSSR count). The predicted octanol–water partition coefficient (Wildman–Crippen LogP) is 3.53. The van der Waals surface area contributed by atoms with E-state index >= 15 is 0 Å². The SMILES string of the molecule is Cc1ccc(S(=O)(=O)N2CCN(Cc3cc(CC(=O)O)ccc3C#Cc3ccccc3)CC2)cc1. The maximum atomic E-state index is 13.0. The largest absolute Gasteiger partial charge is 0.481 e. The first kappa shape index (κ1) is 24.7. The fourth-order valence-electron chi connectivity index (χ4n) is 4.07. The zero-order chi connectivity index (χ0) is 24.8. The van der Waals surface area contributed by atoms with E-state index in [0.717, 1.165) is 27.8 Å². The molecular weight excluding hydrogens is 460 g/mol. The van der Waals surface area contributed by atoms with Gasteiger partial charge < -0.3 is 5.11 Å². The maximum Gasteiger partial charge on any atom is 0.307 e. The second-order valence-corrected chi connectivity index (χ2v) is 10.6. The zero-order valence-corrected chi connectivity index (χ0v) is 20.5. The van der Waals surface area contributed by atoms with E-state index in [2.05, 4.69) is 16.7 Å². The number of hydrogen-bond acceptors (Lipinski definition) is 4. The highest BCUT2D eigenvalue weighted by Crippen LogP contribution is 2.20. The van der Waals surface area contributed by atoms with E-state index < -0.39 is 16.0 Å². The number of aliphatic carboxylic acids is 1. The van der Waals surface area contributed by atoms with Gasteiger partial charge in [-0.1, -0.05) is 59.9 Å². The summed E-state index contributed by atoms with van der Waals surface area (Å²) in [4.78, 5) is 13.7. The first-order valence-electron chi connectivity index (χ1n) is 11.5. The van der Waals surface area contributed by atoms with E-state index in [1.807, 2.05) is 61.5 Å². The van der Waals surface area contributed by atoms with Crippen molar-refractivity contribution in [1.82, 2.24) is 9.21 Å². The summed E-state index contributed by atoms with van der Waals surface area (Å²) in [6.07, 6.45) is -0.0536. The summed E-state index contributed by atoms with van der Waals surface area (Å²) >= 11 is 0. The Morgan fingerprint density at radius 2 is 1.60 bits per heavy atom. The van der Waals surface area contributed by atoms with Gasteiger partial charge in [0.1, 0.15) is 0 Å². The van der Waals surface area contributed by atoms with Gasteiger partial charge in [0.2, 0.25) is 10.0 Å². The summed E-state index contributed by atoms with van der Waals surface area (Å²) in [6.45, 7) is 4.47. The van der Waals surface area contributed by atoms with Gasteiger partial charge in [0.25, 0.3) is 0 Å². The van der Waals surface area contributed by atoms with Crippen LogP contribution in [-0.2, 0) is 27.8 Å². The number of nitrogens with zero attached hydrogens (tertiary/aromatic N) is 2. The third kappa shape index (κ3) is 6.37. The Labute approximate surface area is 206 Å². The number of carbonyl (C=O) groups is 1. The standard InChI is InChI=1S/C28H28N2O4S/c1-22-7-13-27(14-8-22)35(33,34)30-17-15-29(16-18-30)21-26-19-24(20-28(31)32)10-12-25(26)11-9-23-5-3-2-4-6-23/h2-8,10,12-14,19H,15-18,20-21H2,1H3,(H,31,32). The van der Waals surface area contributed by atoms with E-state index in [-0.39, 0.29) is 6.42 Å². The number of carboxylic acids is 1. The van der Waals surface area contributed by atoms with Crippen molar-refractivity contribution in [3.8, 4) is 11.8 Å². The first-order chi connectivity index (χ1) is 16.8. The lowest BCUT2D eigenvalue weighted by Gasteiger charge is -2.34. The van der Waals surface area contributed by atoms with E-state index in [1.165, 1.54) is 4.31 Å². The molecule has 3 aromatic carbocycles. The molecule has 1 saturated heterocycles. The molecule has 0 saturated carbocycles. The van der Waals surface area contributed by atoms with Crippen LogP contribution in [0.15, 0.2) is 77.7 Å². The molecule has 0 aliphatic carbocycles. The second kappa shape index (κ2) is 10.9. The van der Waals surface area contributed by atoms with Gasteiger partial charge >= 0.3 is 5.97 Å². The van der Waals surface area contributed by atoms with Gasteiger partial charge in [0, 0.05) is 43.9 Å². The molecular formula is C28H28N2O4S. The summed E-state index contributed by atoms with van der Waals surface area (Å²) in [7, 11) is -3.52. The molecule has 0 unspecified atom stereocenters. The predicted molar refractivity (Wildman–Crippen MR) is 135 cm³/mol. The van der Waals surface area contributed by atoms with Crippen LogP contribution < -0.4 is 0 Å². The molecule has 35 heavy (non-hydrogen) atoms. The average Bonchev–Trinajstić information content (AvgIpc) is 2.84. The van der Waals surface area contributed by atoms with Crippen molar-refractivity contribution < 1.29 is 18.3 Å². The first-order valence-corrected chi connectivity index (χ1v) is 12.9. The summed E-state index contributed by atoms with van der Waals surface area (Å²) < 4.78 is 27.6. The van der Waals surface area contributed by atoms with Crippen LogP contribution in [0.5, 0.6) is 0 Å². The van der Waals surface area contributed by atoms with Crippen LogP contribution >= 0.6 is 0 Å². The number of hydrogen-bond donors (Lipinski definition) is 1. The highest BCUT2D eigenvalue weighted by molar-refractivity contribution is 7.89.